The van der Waals surface area contributed by atoms with Gasteiger partial charge in [-0.15, -0.1) is 0 Å². The van der Waals surface area contributed by atoms with Gasteiger partial charge < -0.3 is 20.1 Å². The van der Waals surface area contributed by atoms with Crippen molar-refractivity contribution in [1.29, 1.82) is 0 Å². The van der Waals surface area contributed by atoms with E-state index in [1.54, 1.807) is 0 Å². The molecule has 2 unspecified atom stereocenters. The third kappa shape index (κ3) is 9.06. The Kier molecular flexibility index (Phi) is 8.88. The monoisotopic (exact) mass is 314 g/mol. The molecule has 0 saturated heterocycles. The van der Waals surface area contributed by atoms with Crippen LogP contribution in [0.1, 0.15) is 18.9 Å². The number of hydrogen-bond donors (Lipinski definition) is 2. The molecule has 0 saturated carbocycles. The van der Waals surface area contributed by atoms with Crippen LogP contribution in [0, 0.1) is 0 Å². The summed E-state index contributed by atoms with van der Waals surface area (Å²) >= 11 is 5.82. The Morgan fingerprint density at radius 2 is 1.95 bits per heavy atom. The van der Waals surface area contributed by atoms with E-state index in [1.165, 1.54) is 0 Å². The van der Waals surface area contributed by atoms with Crippen LogP contribution in [0.5, 0.6) is 0 Å². The highest BCUT2D eigenvalue weighted by molar-refractivity contribution is 6.30. The van der Waals surface area contributed by atoms with Crippen molar-refractivity contribution in [2.75, 3.05) is 33.8 Å². The molecule has 120 valence electrons. The number of aliphatic hydroxyl groups excluding tert-OH is 1. The van der Waals surface area contributed by atoms with E-state index in [4.69, 9.17) is 16.3 Å². The maximum absolute atomic E-state index is 9.88. The molecular formula is C16H27ClN2O2. The number of nitrogens with zero attached hydrogens (tertiary/aromatic N) is 1. The zero-order valence-electron chi connectivity index (χ0n) is 13.2. The molecule has 0 aromatic heterocycles. The van der Waals surface area contributed by atoms with E-state index in [1.807, 2.05) is 24.3 Å². The summed E-state index contributed by atoms with van der Waals surface area (Å²) in [5.41, 5.74) is 1.05. The molecule has 21 heavy (non-hydrogen) atoms. The van der Waals surface area contributed by atoms with Gasteiger partial charge in [-0.25, -0.2) is 0 Å². The van der Waals surface area contributed by atoms with Gasteiger partial charge in [-0.1, -0.05) is 23.7 Å². The molecule has 0 aliphatic heterocycles. The first kappa shape index (κ1) is 18.4. The van der Waals surface area contributed by atoms with Crippen LogP contribution in [0.2, 0.25) is 5.02 Å². The van der Waals surface area contributed by atoms with E-state index in [0.717, 1.165) is 23.6 Å². The average molecular weight is 315 g/mol. The average Bonchev–Trinajstić information content (AvgIpc) is 2.45. The normalized spacial score (nSPS) is 14.4. The van der Waals surface area contributed by atoms with Gasteiger partial charge in [-0.2, -0.15) is 0 Å². The zero-order chi connectivity index (χ0) is 15.7. The lowest BCUT2D eigenvalue weighted by Gasteiger charge is -2.19. The molecule has 0 radical (unpaired) electrons. The Balaban J connectivity index is 2.10. The molecule has 0 aliphatic carbocycles. The molecule has 1 aromatic rings. The molecular weight excluding hydrogens is 288 g/mol. The second-order valence-electron chi connectivity index (χ2n) is 5.70. The topological polar surface area (TPSA) is 44.7 Å². The van der Waals surface area contributed by atoms with Gasteiger partial charge in [0.1, 0.15) is 0 Å². The van der Waals surface area contributed by atoms with Crippen LogP contribution in [0.25, 0.3) is 0 Å². The minimum Gasteiger partial charge on any atom is -0.389 e. The summed E-state index contributed by atoms with van der Waals surface area (Å²) in [6.07, 6.45) is 0.574. The number of aliphatic hydroxyl groups is 1. The SMILES string of the molecule is CC(CCN(C)C)NCC(O)COCc1ccc(Cl)cc1. The second-order valence-corrected chi connectivity index (χ2v) is 6.13. The molecule has 4 nitrogen and oxygen atoms in total. The van der Waals surface area contributed by atoms with Crippen molar-refractivity contribution in [3.8, 4) is 0 Å². The molecule has 0 aliphatic rings. The summed E-state index contributed by atoms with van der Waals surface area (Å²) in [5, 5.41) is 13.9. The van der Waals surface area contributed by atoms with E-state index in [-0.39, 0.29) is 0 Å². The predicted molar refractivity (Wildman–Crippen MR) is 87.8 cm³/mol. The van der Waals surface area contributed by atoms with Gasteiger partial charge in [-0.3, -0.25) is 0 Å². The van der Waals surface area contributed by atoms with Crippen LogP contribution < -0.4 is 5.32 Å². The fraction of sp³-hybridized carbons (Fsp3) is 0.625. The van der Waals surface area contributed by atoms with Gasteiger partial charge in [0.2, 0.25) is 0 Å². The molecule has 0 spiro atoms. The van der Waals surface area contributed by atoms with Gasteiger partial charge >= 0.3 is 0 Å². The quantitative estimate of drug-likeness (QED) is 0.694. The molecule has 5 heteroatoms. The largest absolute Gasteiger partial charge is 0.389 e. The highest BCUT2D eigenvalue weighted by atomic mass is 35.5. The Morgan fingerprint density at radius 3 is 2.57 bits per heavy atom. The maximum atomic E-state index is 9.88. The van der Waals surface area contributed by atoms with E-state index in [0.29, 0.717) is 25.8 Å². The maximum Gasteiger partial charge on any atom is 0.0897 e. The summed E-state index contributed by atoms with van der Waals surface area (Å²) < 4.78 is 5.51. The van der Waals surface area contributed by atoms with Crippen LogP contribution in [-0.4, -0.2) is 55.9 Å². The van der Waals surface area contributed by atoms with Crippen molar-refractivity contribution < 1.29 is 9.84 Å². The molecule has 1 rings (SSSR count). The van der Waals surface area contributed by atoms with Crippen molar-refractivity contribution in [3.63, 3.8) is 0 Å². The molecule has 2 atom stereocenters. The third-order valence-electron chi connectivity index (χ3n) is 3.20. The minimum atomic E-state index is -0.487. The fourth-order valence-electron chi connectivity index (χ4n) is 1.84. The zero-order valence-corrected chi connectivity index (χ0v) is 13.9. The van der Waals surface area contributed by atoms with Crippen molar-refractivity contribution >= 4 is 11.6 Å². The van der Waals surface area contributed by atoms with Crippen LogP contribution >= 0.6 is 11.6 Å². The van der Waals surface area contributed by atoms with Crippen molar-refractivity contribution in [2.45, 2.75) is 32.1 Å². The molecule has 0 amide bonds. The standard InChI is InChI=1S/C16H27ClN2O2/c1-13(8-9-19(2)3)18-10-16(20)12-21-11-14-4-6-15(17)7-5-14/h4-7,13,16,18,20H,8-12H2,1-3H3. The Morgan fingerprint density at radius 1 is 1.29 bits per heavy atom. The number of benzene rings is 1. The molecule has 2 N–H and O–H groups in total. The van der Waals surface area contributed by atoms with Gasteiger partial charge in [0.05, 0.1) is 19.3 Å². The summed E-state index contributed by atoms with van der Waals surface area (Å²) in [5.74, 6) is 0. The van der Waals surface area contributed by atoms with Crippen molar-refractivity contribution in [2.24, 2.45) is 0 Å². The highest BCUT2D eigenvalue weighted by Gasteiger charge is 2.08. The van der Waals surface area contributed by atoms with E-state index in [2.05, 4.69) is 31.2 Å². The van der Waals surface area contributed by atoms with E-state index >= 15 is 0 Å². The first-order chi connectivity index (χ1) is 9.97. The van der Waals surface area contributed by atoms with Gasteiger partial charge in [0.15, 0.2) is 0 Å². The molecule has 1 aromatic carbocycles. The van der Waals surface area contributed by atoms with Crippen molar-refractivity contribution in [3.05, 3.63) is 34.9 Å². The minimum absolute atomic E-state index is 0.329. The summed E-state index contributed by atoms with van der Waals surface area (Å²) in [7, 11) is 4.12. The summed E-state index contributed by atoms with van der Waals surface area (Å²) in [4.78, 5) is 2.16. The Hall–Kier alpha value is -0.650. The van der Waals surface area contributed by atoms with Crippen LogP contribution in [0.4, 0.5) is 0 Å². The van der Waals surface area contributed by atoms with E-state index < -0.39 is 6.10 Å². The fourth-order valence-corrected chi connectivity index (χ4v) is 1.97. The lowest BCUT2D eigenvalue weighted by atomic mass is 10.2. The molecule has 0 bridgehead atoms. The van der Waals surface area contributed by atoms with Crippen LogP contribution in [0.15, 0.2) is 24.3 Å². The smallest absolute Gasteiger partial charge is 0.0897 e. The van der Waals surface area contributed by atoms with Gasteiger partial charge in [0, 0.05) is 17.6 Å². The summed E-state index contributed by atoms with van der Waals surface area (Å²) in [6, 6.07) is 7.92. The van der Waals surface area contributed by atoms with Crippen LogP contribution in [0.3, 0.4) is 0 Å². The first-order valence-electron chi connectivity index (χ1n) is 7.35. The first-order valence-corrected chi connectivity index (χ1v) is 7.73. The highest BCUT2D eigenvalue weighted by Crippen LogP contribution is 2.10. The number of hydrogen-bond acceptors (Lipinski definition) is 4. The lowest BCUT2D eigenvalue weighted by molar-refractivity contribution is 0.0276. The number of ether oxygens (including phenoxy) is 1. The summed E-state index contributed by atoms with van der Waals surface area (Å²) in [6.45, 7) is 4.54. The molecule has 0 heterocycles. The van der Waals surface area contributed by atoms with Gasteiger partial charge in [-0.05, 0) is 51.7 Å². The third-order valence-corrected chi connectivity index (χ3v) is 3.46. The number of rotatable bonds is 10. The second kappa shape index (κ2) is 10.1. The molecule has 0 fully saturated rings. The van der Waals surface area contributed by atoms with E-state index in [9.17, 15) is 5.11 Å². The lowest BCUT2D eigenvalue weighted by Crippen LogP contribution is -2.37. The van der Waals surface area contributed by atoms with Crippen LogP contribution in [-0.2, 0) is 11.3 Å². The van der Waals surface area contributed by atoms with Crippen molar-refractivity contribution in [1.82, 2.24) is 10.2 Å². The predicted octanol–water partition coefficient (Wildman–Crippen LogP) is 2.15. The van der Waals surface area contributed by atoms with Gasteiger partial charge in [0.25, 0.3) is 0 Å². The number of halogens is 1. The Bertz CT molecular complexity index is 384. The Labute approximate surface area is 133 Å². The number of nitrogens with one attached hydrogen (secondary N) is 1.